The Hall–Kier alpha value is -2.90. The van der Waals surface area contributed by atoms with Gasteiger partial charge in [-0.2, -0.15) is 18.3 Å². The molecule has 0 aliphatic carbocycles. The third kappa shape index (κ3) is 4.80. The Morgan fingerprint density at radius 2 is 1.88 bits per heavy atom. The Morgan fingerprint density at radius 3 is 2.50 bits per heavy atom. The molecule has 1 N–H and O–H groups in total. The van der Waals surface area contributed by atoms with E-state index >= 15 is 0 Å². The van der Waals surface area contributed by atoms with Crippen LogP contribution in [0, 0.1) is 10.1 Å². The van der Waals surface area contributed by atoms with Crippen LogP contribution < -0.4 is 5.43 Å². The standard InChI is InChI=1S/C16H14F3N3O2/c17-16(18,19)13-8-9-14(15(11-13)22(23)24)21-20-10-4-7-12-5-2-1-3-6-12/h1-3,5-6,8-11,21H,4,7H2/b20-10-. The van der Waals surface area contributed by atoms with Crippen LogP contribution in [-0.2, 0) is 12.6 Å². The number of hydrazone groups is 1. The van der Waals surface area contributed by atoms with E-state index < -0.39 is 22.4 Å². The maximum Gasteiger partial charge on any atom is 0.416 e. The molecule has 126 valence electrons. The van der Waals surface area contributed by atoms with E-state index in [1.807, 2.05) is 30.3 Å². The zero-order valence-electron chi connectivity index (χ0n) is 12.5. The Morgan fingerprint density at radius 1 is 1.17 bits per heavy atom. The Labute approximate surface area is 136 Å². The minimum atomic E-state index is -4.64. The van der Waals surface area contributed by atoms with Gasteiger partial charge in [0.15, 0.2) is 0 Å². The molecule has 5 nitrogen and oxygen atoms in total. The van der Waals surface area contributed by atoms with Crippen molar-refractivity contribution >= 4 is 17.6 Å². The Bertz CT molecular complexity index is 731. The number of halogens is 3. The van der Waals surface area contributed by atoms with E-state index in [4.69, 9.17) is 0 Å². The number of nitrogens with zero attached hydrogens (tertiary/aromatic N) is 2. The van der Waals surface area contributed by atoms with Gasteiger partial charge in [0.05, 0.1) is 10.5 Å². The number of aryl methyl sites for hydroxylation is 1. The van der Waals surface area contributed by atoms with Gasteiger partial charge < -0.3 is 0 Å². The van der Waals surface area contributed by atoms with Gasteiger partial charge in [0.1, 0.15) is 5.69 Å². The molecule has 0 heterocycles. The molecule has 0 aromatic heterocycles. The lowest BCUT2D eigenvalue weighted by atomic mass is 10.1. The smallest absolute Gasteiger partial charge is 0.272 e. The van der Waals surface area contributed by atoms with Gasteiger partial charge in [-0.25, -0.2) is 0 Å². The second kappa shape index (κ2) is 7.58. The van der Waals surface area contributed by atoms with Gasteiger partial charge in [-0.3, -0.25) is 15.5 Å². The fourth-order valence-corrected chi connectivity index (χ4v) is 2.01. The van der Waals surface area contributed by atoms with Gasteiger partial charge in [0.25, 0.3) is 5.69 Å². The first-order valence-electron chi connectivity index (χ1n) is 7.05. The quantitative estimate of drug-likeness (QED) is 0.474. The maximum atomic E-state index is 12.6. The molecule has 0 spiro atoms. The number of nitro groups is 1. The van der Waals surface area contributed by atoms with Crippen molar-refractivity contribution < 1.29 is 18.1 Å². The molecule has 0 aliphatic rings. The highest BCUT2D eigenvalue weighted by atomic mass is 19.4. The number of nitrogens with one attached hydrogen (secondary N) is 1. The summed E-state index contributed by atoms with van der Waals surface area (Å²) in [5, 5.41) is 14.8. The number of hydrogen-bond donors (Lipinski definition) is 1. The van der Waals surface area contributed by atoms with Gasteiger partial charge in [0.2, 0.25) is 0 Å². The average Bonchev–Trinajstić information content (AvgIpc) is 2.54. The lowest BCUT2D eigenvalue weighted by Crippen LogP contribution is -2.06. The molecule has 0 saturated carbocycles. The van der Waals surface area contributed by atoms with Crippen LogP contribution in [0.4, 0.5) is 24.5 Å². The summed E-state index contributed by atoms with van der Waals surface area (Å²) in [7, 11) is 0. The molecule has 0 atom stereocenters. The predicted molar refractivity (Wildman–Crippen MR) is 85.0 cm³/mol. The largest absolute Gasteiger partial charge is 0.416 e. The molecule has 0 unspecified atom stereocenters. The van der Waals surface area contributed by atoms with Crippen LogP contribution in [0.2, 0.25) is 0 Å². The van der Waals surface area contributed by atoms with E-state index in [1.54, 1.807) is 0 Å². The van der Waals surface area contributed by atoms with Gasteiger partial charge in [0, 0.05) is 12.3 Å². The van der Waals surface area contributed by atoms with Crippen LogP contribution in [0.3, 0.4) is 0 Å². The van der Waals surface area contributed by atoms with E-state index in [2.05, 4.69) is 10.5 Å². The summed E-state index contributed by atoms with van der Waals surface area (Å²) in [6.07, 6.45) is -1.79. The minimum absolute atomic E-state index is 0.0936. The summed E-state index contributed by atoms with van der Waals surface area (Å²) >= 11 is 0. The number of hydrogen-bond acceptors (Lipinski definition) is 4. The molecule has 24 heavy (non-hydrogen) atoms. The predicted octanol–water partition coefficient (Wildman–Crippen LogP) is 4.64. The SMILES string of the molecule is O=[N+]([O-])c1cc(C(F)(F)F)ccc1N/N=C\CCc1ccccc1. The number of rotatable bonds is 6. The first-order chi connectivity index (χ1) is 11.4. The van der Waals surface area contributed by atoms with Crippen molar-refractivity contribution in [3.63, 3.8) is 0 Å². The van der Waals surface area contributed by atoms with Gasteiger partial charge >= 0.3 is 6.18 Å². The third-order valence-electron chi connectivity index (χ3n) is 3.20. The molecule has 2 rings (SSSR count). The molecule has 0 fully saturated rings. The Kier molecular flexibility index (Phi) is 5.51. The van der Waals surface area contributed by atoms with E-state index in [0.29, 0.717) is 12.5 Å². The molecular weight excluding hydrogens is 323 g/mol. The molecule has 0 saturated heterocycles. The summed E-state index contributed by atoms with van der Waals surface area (Å²) < 4.78 is 37.8. The zero-order valence-corrected chi connectivity index (χ0v) is 12.5. The minimum Gasteiger partial charge on any atom is -0.272 e. The van der Waals surface area contributed by atoms with Crippen LogP contribution in [-0.4, -0.2) is 11.1 Å². The first-order valence-corrected chi connectivity index (χ1v) is 7.05. The van der Waals surface area contributed by atoms with E-state index in [9.17, 15) is 23.3 Å². The first kappa shape index (κ1) is 17.5. The molecule has 0 aliphatic heterocycles. The van der Waals surface area contributed by atoms with Crippen LogP contribution in [0.15, 0.2) is 53.6 Å². The fourth-order valence-electron chi connectivity index (χ4n) is 2.01. The molecule has 0 radical (unpaired) electrons. The fraction of sp³-hybridized carbons (Fsp3) is 0.188. The zero-order chi connectivity index (χ0) is 17.6. The second-order valence-corrected chi connectivity index (χ2v) is 4.93. The summed E-state index contributed by atoms with van der Waals surface area (Å²) in [6, 6.07) is 11.9. The lowest BCUT2D eigenvalue weighted by molar-refractivity contribution is -0.384. The molecular formula is C16H14F3N3O2. The van der Waals surface area contributed by atoms with Crippen molar-refractivity contribution in [1.29, 1.82) is 0 Å². The van der Waals surface area contributed by atoms with Crippen molar-refractivity contribution in [2.45, 2.75) is 19.0 Å². The van der Waals surface area contributed by atoms with Crippen molar-refractivity contribution in [1.82, 2.24) is 0 Å². The van der Waals surface area contributed by atoms with Crippen LogP contribution in [0.25, 0.3) is 0 Å². The second-order valence-electron chi connectivity index (χ2n) is 4.93. The van der Waals surface area contributed by atoms with Crippen molar-refractivity contribution in [2.24, 2.45) is 5.10 Å². The number of benzene rings is 2. The average molecular weight is 337 g/mol. The normalized spacial score (nSPS) is 11.6. The van der Waals surface area contributed by atoms with Crippen molar-refractivity contribution in [3.05, 3.63) is 69.8 Å². The molecule has 0 bridgehead atoms. The summed E-state index contributed by atoms with van der Waals surface area (Å²) in [5.74, 6) is 0. The lowest BCUT2D eigenvalue weighted by Gasteiger charge is -2.08. The van der Waals surface area contributed by atoms with Gasteiger partial charge in [-0.1, -0.05) is 30.3 Å². The summed E-state index contributed by atoms with van der Waals surface area (Å²) in [5.41, 5.74) is 1.69. The van der Waals surface area contributed by atoms with E-state index in [0.717, 1.165) is 24.1 Å². The summed E-state index contributed by atoms with van der Waals surface area (Å²) in [6.45, 7) is 0. The molecule has 0 amide bonds. The maximum absolute atomic E-state index is 12.6. The van der Waals surface area contributed by atoms with E-state index in [1.165, 1.54) is 6.21 Å². The van der Waals surface area contributed by atoms with Crippen LogP contribution in [0.1, 0.15) is 17.5 Å². The number of alkyl halides is 3. The number of nitro benzene ring substituents is 1. The van der Waals surface area contributed by atoms with Gasteiger partial charge in [-0.15, -0.1) is 0 Å². The summed E-state index contributed by atoms with van der Waals surface area (Å²) in [4.78, 5) is 10.0. The third-order valence-corrected chi connectivity index (χ3v) is 3.20. The Balaban J connectivity index is 2.01. The topological polar surface area (TPSA) is 67.5 Å². The monoisotopic (exact) mass is 337 g/mol. The molecule has 2 aromatic carbocycles. The van der Waals surface area contributed by atoms with Crippen LogP contribution in [0.5, 0.6) is 0 Å². The number of anilines is 1. The highest BCUT2D eigenvalue weighted by Crippen LogP contribution is 2.34. The highest BCUT2D eigenvalue weighted by molar-refractivity contribution is 5.65. The van der Waals surface area contributed by atoms with Crippen molar-refractivity contribution in [3.8, 4) is 0 Å². The van der Waals surface area contributed by atoms with E-state index in [-0.39, 0.29) is 5.69 Å². The highest BCUT2D eigenvalue weighted by Gasteiger charge is 2.33. The van der Waals surface area contributed by atoms with Crippen molar-refractivity contribution in [2.75, 3.05) is 5.43 Å². The molecule has 2 aromatic rings. The van der Waals surface area contributed by atoms with Gasteiger partial charge in [-0.05, 0) is 30.5 Å². The van der Waals surface area contributed by atoms with Crippen LogP contribution >= 0.6 is 0 Å². The molecule has 8 heteroatoms.